The van der Waals surface area contributed by atoms with Gasteiger partial charge < -0.3 is 0 Å². The van der Waals surface area contributed by atoms with Crippen molar-refractivity contribution < 1.29 is 13.2 Å². The van der Waals surface area contributed by atoms with Gasteiger partial charge in [0.1, 0.15) is 5.54 Å². The Morgan fingerprint density at radius 2 is 1.53 bits per heavy atom. The molecule has 0 spiro atoms. The zero-order valence-corrected chi connectivity index (χ0v) is 10.1. The highest BCUT2D eigenvalue weighted by atomic mass is 19.4. The minimum atomic E-state index is -4.22. The average Bonchev–Trinajstić information content (AvgIpc) is 2.30. The van der Waals surface area contributed by atoms with E-state index < -0.39 is 11.7 Å². The van der Waals surface area contributed by atoms with Gasteiger partial charge in [0.05, 0.1) is 0 Å². The van der Waals surface area contributed by atoms with Gasteiger partial charge in [-0.25, -0.2) is 0 Å². The third-order valence-electron chi connectivity index (χ3n) is 3.22. The minimum absolute atomic E-state index is 0.0415. The lowest BCUT2D eigenvalue weighted by Crippen LogP contribution is -2.55. The van der Waals surface area contributed by atoms with E-state index in [2.05, 4.69) is 5.32 Å². The van der Waals surface area contributed by atoms with Gasteiger partial charge >= 0.3 is 6.18 Å². The standard InChI is InChI=1S/C13H18F3N/c1-3-12(4-2,13(14,15)16)17-10-11-8-6-5-7-9-11/h5-9,17H,3-4,10H2,1-2H3. The lowest BCUT2D eigenvalue weighted by Gasteiger charge is -2.35. The Kier molecular flexibility index (Phi) is 4.57. The lowest BCUT2D eigenvalue weighted by molar-refractivity contribution is -0.199. The molecule has 1 aromatic carbocycles. The Bertz CT molecular complexity index is 328. The maximum Gasteiger partial charge on any atom is 0.406 e. The third kappa shape index (κ3) is 3.22. The summed E-state index contributed by atoms with van der Waals surface area (Å²) in [5, 5.41) is 2.66. The molecule has 0 atom stereocenters. The Balaban J connectivity index is 2.75. The molecule has 0 aliphatic rings. The molecule has 1 nitrogen and oxygen atoms in total. The summed E-state index contributed by atoms with van der Waals surface area (Å²) in [5.74, 6) is 0. The Morgan fingerprint density at radius 1 is 1.00 bits per heavy atom. The number of benzene rings is 1. The van der Waals surface area contributed by atoms with Crippen LogP contribution in [0.3, 0.4) is 0 Å². The van der Waals surface area contributed by atoms with Crippen molar-refractivity contribution in [2.75, 3.05) is 0 Å². The zero-order valence-electron chi connectivity index (χ0n) is 10.1. The molecule has 1 rings (SSSR count). The van der Waals surface area contributed by atoms with Crippen LogP contribution in [0.4, 0.5) is 13.2 Å². The number of hydrogen-bond acceptors (Lipinski definition) is 1. The molecule has 1 N–H and O–H groups in total. The monoisotopic (exact) mass is 245 g/mol. The predicted octanol–water partition coefficient (Wildman–Crippen LogP) is 3.90. The van der Waals surface area contributed by atoms with Crippen LogP contribution in [-0.2, 0) is 6.54 Å². The average molecular weight is 245 g/mol. The highest BCUT2D eigenvalue weighted by Gasteiger charge is 2.51. The molecule has 0 fully saturated rings. The summed E-state index contributed by atoms with van der Waals surface area (Å²) in [7, 11) is 0. The van der Waals surface area contributed by atoms with Crippen LogP contribution in [0, 0.1) is 0 Å². The molecule has 4 heteroatoms. The second kappa shape index (κ2) is 5.54. The maximum absolute atomic E-state index is 13.0. The van der Waals surface area contributed by atoms with E-state index in [1.165, 1.54) is 0 Å². The van der Waals surface area contributed by atoms with Crippen molar-refractivity contribution in [1.82, 2.24) is 5.32 Å². The van der Waals surface area contributed by atoms with Crippen LogP contribution in [0.1, 0.15) is 32.3 Å². The molecule has 0 saturated carbocycles. The summed E-state index contributed by atoms with van der Waals surface area (Å²) in [6, 6.07) is 9.13. The van der Waals surface area contributed by atoms with Crippen LogP contribution in [0.25, 0.3) is 0 Å². The first kappa shape index (κ1) is 14.0. The first-order chi connectivity index (χ1) is 7.95. The smallest absolute Gasteiger partial charge is 0.300 e. The van der Waals surface area contributed by atoms with E-state index in [0.29, 0.717) is 0 Å². The van der Waals surface area contributed by atoms with E-state index in [1.807, 2.05) is 30.3 Å². The summed E-state index contributed by atoms with van der Waals surface area (Å²) >= 11 is 0. The normalized spacial score (nSPS) is 12.8. The van der Waals surface area contributed by atoms with Crippen LogP contribution in [0.15, 0.2) is 30.3 Å². The molecule has 0 radical (unpaired) electrons. The van der Waals surface area contributed by atoms with Gasteiger partial charge in [-0.2, -0.15) is 13.2 Å². The number of halogens is 3. The number of alkyl halides is 3. The molecule has 1 aromatic rings. The summed E-state index contributed by atoms with van der Waals surface area (Å²) in [6.45, 7) is 3.37. The molecule has 17 heavy (non-hydrogen) atoms. The SMILES string of the molecule is CCC(CC)(NCc1ccccc1)C(F)(F)F. The van der Waals surface area contributed by atoms with Crippen LogP contribution in [0.2, 0.25) is 0 Å². The van der Waals surface area contributed by atoms with Gasteiger partial charge in [-0.1, -0.05) is 44.2 Å². The van der Waals surface area contributed by atoms with Gasteiger partial charge in [-0.05, 0) is 18.4 Å². The quantitative estimate of drug-likeness (QED) is 0.829. The highest BCUT2D eigenvalue weighted by Crippen LogP contribution is 2.35. The predicted molar refractivity (Wildman–Crippen MR) is 62.6 cm³/mol. The van der Waals surface area contributed by atoms with Gasteiger partial charge in [0.25, 0.3) is 0 Å². The fourth-order valence-electron chi connectivity index (χ4n) is 1.87. The molecule has 0 saturated heterocycles. The molecule has 0 aromatic heterocycles. The zero-order chi connectivity index (χ0) is 12.9. The van der Waals surface area contributed by atoms with E-state index >= 15 is 0 Å². The van der Waals surface area contributed by atoms with Crippen molar-refractivity contribution in [3.05, 3.63) is 35.9 Å². The van der Waals surface area contributed by atoms with Gasteiger partial charge in [-0.3, -0.25) is 5.32 Å². The van der Waals surface area contributed by atoms with Crippen LogP contribution >= 0.6 is 0 Å². The molecule has 0 amide bonds. The van der Waals surface area contributed by atoms with Crippen molar-refractivity contribution >= 4 is 0 Å². The molecule has 0 aliphatic heterocycles. The second-order valence-corrected chi connectivity index (χ2v) is 4.13. The summed E-state index contributed by atoms with van der Waals surface area (Å²) in [5.41, 5.74) is -0.911. The van der Waals surface area contributed by atoms with E-state index in [1.54, 1.807) is 13.8 Å². The molecule has 0 bridgehead atoms. The summed E-state index contributed by atoms with van der Waals surface area (Å²) < 4.78 is 39.0. The maximum atomic E-state index is 13.0. The van der Waals surface area contributed by atoms with E-state index in [0.717, 1.165) is 5.56 Å². The molecule has 0 heterocycles. The first-order valence-electron chi connectivity index (χ1n) is 5.81. The Labute approximate surface area is 100 Å². The molecular weight excluding hydrogens is 227 g/mol. The van der Waals surface area contributed by atoms with Gasteiger partial charge in [0.15, 0.2) is 0 Å². The van der Waals surface area contributed by atoms with Crippen molar-refractivity contribution in [1.29, 1.82) is 0 Å². The summed E-state index contributed by atoms with van der Waals surface area (Å²) in [6.07, 6.45) is -4.13. The highest BCUT2D eigenvalue weighted by molar-refractivity contribution is 5.15. The molecule has 0 aliphatic carbocycles. The van der Waals surface area contributed by atoms with Gasteiger partial charge in [0, 0.05) is 6.54 Å². The van der Waals surface area contributed by atoms with Gasteiger partial charge in [-0.15, -0.1) is 0 Å². The van der Waals surface area contributed by atoms with Crippen LogP contribution < -0.4 is 5.32 Å². The van der Waals surface area contributed by atoms with Crippen molar-refractivity contribution in [3.8, 4) is 0 Å². The second-order valence-electron chi connectivity index (χ2n) is 4.13. The van der Waals surface area contributed by atoms with Crippen LogP contribution in [0.5, 0.6) is 0 Å². The van der Waals surface area contributed by atoms with E-state index in [4.69, 9.17) is 0 Å². The summed E-state index contributed by atoms with van der Waals surface area (Å²) in [4.78, 5) is 0. The Hall–Kier alpha value is -1.03. The number of nitrogens with one attached hydrogen (secondary N) is 1. The fourth-order valence-corrected chi connectivity index (χ4v) is 1.87. The molecule has 96 valence electrons. The van der Waals surface area contributed by atoms with Crippen molar-refractivity contribution in [3.63, 3.8) is 0 Å². The lowest BCUT2D eigenvalue weighted by atomic mass is 9.91. The Morgan fingerprint density at radius 3 is 1.94 bits per heavy atom. The van der Waals surface area contributed by atoms with E-state index in [9.17, 15) is 13.2 Å². The first-order valence-corrected chi connectivity index (χ1v) is 5.81. The van der Waals surface area contributed by atoms with Crippen LogP contribution in [-0.4, -0.2) is 11.7 Å². The topological polar surface area (TPSA) is 12.0 Å². The van der Waals surface area contributed by atoms with Crippen molar-refractivity contribution in [2.24, 2.45) is 0 Å². The van der Waals surface area contributed by atoms with Gasteiger partial charge in [0.2, 0.25) is 0 Å². The number of rotatable bonds is 5. The third-order valence-corrected chi connectivity index (χ3v) is 3.22. The largest absolute Gasteiger partial charge is 0.406 e. The number of hydrogen-bond donors (Lipinski definition) is 1. The van der Waals surface area contributed by atoms with Crippen molar-refractivity contribution in [2.45, 2.75) is 44.9 Å². The van der Waals surface area contributed by atoms with E-state index in [-0.39, 0.29) is 19.4 Å². The fraction of sp³-hybridized carbons (Fsp3) is 0.538. The molecule has 0 unspecified atom stereocenters. The molecular formula is C13H18F3N. The minimum Gasteiger partial charge on any atom is -0.300 e.